The lowest BCUT2D eigenvalue weighted by Gasteiger charge is -2.18. The van der Waals surface area contributed by atoms with Crippen LogP contribution in [0.5, 0.6) is 0 Å². The molecule has 2 N–H and O–H groups in total. The molecule has 8 heteroatoms. The molecule has 1 aliphatic heterocycles. The predicted molar refractivity (Wildman–Crippen MR) is 98.4 cm³/mol. The number of carboxylic acids is 1. The van der Waals surface area contributed by atoms with Gasteiger partial charge in [-0.15, -0.1) is 0 Å². The molecule has 1 fully saturated rings. The Morgan fingerprint density at radius 1 is 1.25 bits per heavy atom. The average Bonchev–Trinajstić information content (AvgIpc) is 2.90. The van der Waals surface area contributed by atoms with E-state index in [2.05, 4.69) is 5.32 Å². The van der Waals surface area contributed by atoms with Gasteiger partial charge in [0.2, 0.25) is 0 Å². The van der Waals surface area contributed by atoms with Crippen LogP contribution in [0, 0.1) is 11.2 Å². The number of carbonyl (C=O) groups is 3. The van der Waals surface area contributed by atoms with Gasteiger partial charge < -0.3 is 10.4 Å². The van der Waals surface area contributed by atoms with Crippen LogP contribution in [0.25, 0.3) is 0 Å². The summed E-state index contributed by atoms with van der Waals surface area (Å²) in [6.07, 6.45) is 2.21. The minimum absolute atomic E-state index is 0.0311. The summed E-state index contributed by atoms with van der Waals surface area (Å²) in [7, 11) is 0. The Morgan fingerprint density at radius 2 is 1.93 bits per heavy atom. The van der Waals surface area contributed by atoms with Crippen molar-refractivity contribution in [2.75, 3.05) is 11.9 Å². The Balaban J connectivity index is 1.71. The Kier molecular flexibility index (Phi) is 5.51. The van der Waals surface area contributed by atoms with Gasteiger partial charge in [0, 0.05) is 22.4 Å². The van der Waals surface area contributed by atoms with Crippen molar-refractivity contribution in [3.63, 3.8) is 0 Å². The zero-order valence-electron chi connectivity index (χ0n) is 15.9. The van der Waals surface area contributed by atoms with E-state index in [1.54, 1.807) is 13.8 Å². The first-order valence-corrected chi connectivity index (χ1v) is 9.19. The fraction of sp³-hybridized carbons (Fsp3) is 0.450. The highest BCUT2D eigenvalue weighted by atomic mass is 19.1. The van der Waals surface area contributed by atoms with Crippen molar-refractivity contribution in [3.05, 3.63) is 40.7 Å². The van der Waals surface area contributed by atoms with Crippen LogP contribution in [0.15, 0.2) is 29.3 Å². The fourth-order valence-electron chi connectivity index (χ4n) is 3.32. The Hall–Kier alpha value is -2.74. The van der Waals surface area contributed by atoms with Gasteiger partial charge in [-0.3, -0.25) is 14.4 Å². The number of rotatable bonds is 5. The summed E-state index contributed by atoms with van der Waals surface area (Å²) in [5.41, 5.74) is 0.199. The standard InChI is InChI=1S/C20H23FN2O5/c1-20(2)11-28-23(19(20)27)10-12-7-8-13(9-16(12)21)22-17(24)14-5-3-4-6-15(14)18(25)26/h7-9H,3-6,10-11H2,1-2H3,(H,22,24)(H,25,26). The number of halogens is 1. The van der Waals surface area contributed by atoms with Gasteiger partial charge in [0.15, 0.2) is 0 Å². The molecular formula is C20H23FN2O5. The first-order chi connectivity index (χ1) is 13.2. The summed E-state index contributed by atoms with van der Waals surface area (Å²) in [5, 5.41) is 13.0. The summed E-state index contributed by atoms with van der Waals surface area (Å²) in [6, 6.07) is 4.15. The molecule has 0 spiro atoms. The molecule has 0 aromatic heterocycles. The number of amides is 2. The molecule has 1 saturated heterocycles. The maximum Gasteiger partial charge on any atom is 0.332 e. The highest BCUT2D eigenvalue weighted by molar-refractivity contribution is 6.08. The fourth-order valence-corrected chi connectivity index (χ4v) is 3.32. The van der Waals surface area contributed by atoms with Gasteiger partial charge in [-0.1, -0.05) is 6.07 Å². The molecular weight excluding hydrogens is 367 g/mol. The van der Waals surface area contributed by atoms with Crippen LogP contribution in [0.3, 0.4) is 0 Å². The zero-order valence-corrected chi connectivity index (χ0v) is 15.9. The molecule has 1 aromatic carbocycles. The number of hydrogen-bond donors (Lipinski definition) is 2. The van der Waals surface area contributed by atoms with Gasteiger partial charge in [-0.2, -0.15) is 0 Å². The molecule has 0 bridgehead atoms. The molecule has 28 heavy (non-hydrogen) atoms. The van der Waals surface area contributed by atoms with E-state index >= 15 is 0 Å². The third-order valence-corrected chi connectivity index (χ3v) is 5.01. The second-order valence-electron chi connectivity index (χ2n) is 7.73. The van der Waals surface area contributed by atoms with Gasteiger partial charge in [0.25, 0.3) is 11.8 Å². The topological polar surface area (TPSA) is 95.9 Å². The van der Waals surface area contributed by atoms with Gasteiger partial charge in [0.1, 0.15) is 5.82 Å². The zero-order chi connectivity index (χ0) is 20.5. The van der Waals surface area contributed by atoms with Gasteiger partial charge in [-0.25, -0.2) is 14.2 Å². The normalized spacial score (nSPS) is 19.1. The van der Waals surface area contributed by atoms with Crippen LogP contribution < -0.4 is 5.32 Å². The van der Waals surface area contributed by atoms with E-state index in [1.807, 2.05) is 0 Å². The number of hydrogen-bond acceptors (Lipinski definition) is 4. The highest BCUT2D eigenvalue weighted by Gasteiger charge is 2.40. The number of anilines is 1. The van der Waals surface area contributed by atoms with Gasteiger partial charge >= 0.3 is 5.97 Å². The molecule has 150 valence electrons. The molecule has 2 amide bonds. The number of benzene rings is 1. The molecule has 0 radical (unpaired) electrons. The maximum atomic E-state index is 14.5. The molecule has 3 rings (SSSR count). The van der Waals surface area contributed by atoms with Gasteiger partial charge in [0.05, 0.1) is 18.6 Å². The van der Waals surface area contributed by atoms with Crippen LogP contribution in [-0.2, 0) is 25.8 Å². The third-order valence-electron chi connectivity index (χ3n) is 5.01. The first-order valence-electron chi connectivity index (χ1n) is 9.19. The Bertz CT molecular complexity index is 862. The predicted octanol–water partition coefficient (Wildman–Crippen LogP) is 3.02. The maximum absolute atomic E-state index is 14.5. The molecule has 1 heterocycles. The first kappa shape index (κ1) is 20.0. The van der Waals surface area contributed by atoms with Crippen LogP contribution >= 0.6 is 0 Å². The van der Waals surface area contributed by atoms with Crippen LogP contribution in [0.2, 0.25) is 0 Å². The Morgan fingerprint density at radius 3 is 2.50 bits per heavy atom. The van der Waals surface area contributed by atoms with E-state index in [4.69, 9.17) is 4.84 Å². The molecule has 1 aliphatic carbocycles. The monoisotopic (exact) mass is 390 g/mol. The summed E-state index contributed by atoms with van der Waals surface area (Å²) in [5.74, 6) is -2.42. The number of nitrogens with zero attached hydrogens (tertiary/aromatic N) is 1. The molecule has 0 atom stereocenters. The SMILES string of the molecule is CC1(C)CON(Cc2ccc(NC(=O)C3=C(C(=O)O)CCCC3)cc2F)C1=O. The highest BCUT2D eigenvalue weighted by Crippen LogP contribution is 2.29. The van der Waals surface area contributed by atoms with E-state index in [9.17, 15) is 23.9 Å². The second-order valence-corrected chi connectivity index (χ2v) is 7.73. The summed E-state index contributed by atoms with van der Waals surface area (Å²) < 4.78 is 14.5. The van der Waals surface area contributed by atoms with Crippen molar-refractivity contribution in [2.45, 2.75) is 46.1 Å². The summed E-state index contributed by atoms with van der Waals surface area (Å²) in [6.45, 7) is 3.73. The molecule has 0 unspecified atom stereocenters. The largest absolute Gasteiger partial charge is 0.478 e. The Labute approximate surface area is 162 Å². The van der Waals surface area contributed by atoms with Crippen molar-refractivity contribution in [2.24, 2.45) is 5.41 Å². The number of carboxylic acid groups (broad SMARTS) is 1. The van der Waals surface area contributed by atoms with Crippen LogP contribution in [-0.4, -0.2) is 34.6 Å². The molecule has 0 saturated carbocycles. The lowest BCUT2D eigenvalue weighted by Crippen LogP contribution is -2.30. The van der Waals surface area contributed by atoms with Crippen LogP contribution in [0.1, 0.15) is 45.1 Å². The van der Waals surface area contributed by atoms with Crippen molar-refractivity contribution >= 4 is 23.5 Å². The minimum Gasteiger partial charge on any atom is -0.478 e. The quantitative estimate of drug-likeness (QED) is 0.806. The van der Waals surface area contributed by atoms with E-state index in [0.717, 1.165) is 24.0 Å². The smallest absolute Gasteiger partial charge is 0.332 e. The van der Waals surface area contributed by atoms with Crippen molar-refractivity contribution < 1.29 is 28.7 Å². The van der Waals surface area contributed by atoms with Gasteiger partial charge in [-0.05, 0) is 51.7 Å². The number of nitrogens with one attached hydrogen (secondary N) is 1. The average molecular weight is 390 g/mol. The lowest BCUT2D eigenvalue weighted by atomic mass is 9.91. The van der Waals surface area contributed by atoms with Crippen molar-refractivity contribution in [1.29, 1.82) is 0 Å². The van der Waals surface area contributed by atoms with E-state index in [0.29, 0.717) is 12.8 Å². The molecule has 1 aromatic rings. The van der Waals surface area contributed by atoms with Crippen molar-refractivity contribution in [1.82, 2.24) is 5.06 Å². The molecule has 2 aliphatic rings. The summed E-state index contributed by atoms with van der Waals surface area (Å²) in [4.78, 5) is 41.3. The van der Waals surface area contributed by atoms with E-state index in [-0.39, 0.29) is 41.5 Å². The number of carbonyl (C=O) groups excluding carboxylic acids is 2. The third kappa shape index (κ3) is 4.06. The van der Waals surface area contributed by atoms with E-state index < -0.39 is 23.1 Å². The number of aliphatic carboxylic acids is 1. The summed E-state index contributed by atoms with van der Waals surface area (Å²) >= 11 is 0. The van der Waals surface area contributed by atoms with Crippen molar-refractivity contribution in [3.8, 4) is 0 Å². The second kappa shape index (κ2) is 7.71. The molecule has 7 nitrogen and oxygen atoms in total. The van der Waals surface area contributed by atoms with E-state index in [1.165, 1.54) is 12.1 Å². The van der Waals surface area contributed by atoms with Crippen LogP contribution in [0.4, 0.5) is 10.1 Å². The number of hydroxylamine groups is 2. The minimum atomic E-state index is -1.09. The lowest BCUT2D eigenvalue weighted by molar-refractivity contribution is -0.165.